The van der Waals surface area contributed by atoms with Crippen molar-refractivity contribution in [1.82, 2.24) is 20.3 Å². The second kappa shape index (κ2) is 10.9. The molecule has 1 unspecified atom stereocenters. The number of thiophene rings is 1. The fourth-order valence-electron chi connectivity index (χ4n) is 5.35. The maximum absolute atomic E-state index is 13.9. The molecule has 6 rings (SSSR count). The zero-order valence-corrected chi connectivity index (χ0v) is 23.1. The van der Waals surface area contributed by atoms with Gasteiger partial charge < -0.3 is 31.8 Å². The van der Waals surface area contributed by atoms with Crippen molar-refractivity contribution in [1.29, 1.82) is 0 Å². The lowest BCUT2D eigenvalue weighted by molar-refractivity contribution is -0.136. The van der Waals surface area contributed by atoms with Gasteiger partial charge in [-0.2, -0.15) is 13.2 Å². The van der Waals surface area contributed by atoms with Crippen molar-refractivity contribution < 1.29 is 23.1 Å². The quantitative estimate of drug-likeness (QED) is 0.181. The zero-order valence-electron chi connectivity index (χ0n) is 22.3. The number of aromatic amines is 1. The molecule has 1 aliphatic heterocycles. The van der Waals surface area contributed by atoms with E-state index in [2.05, 4.69) is 20.3 Å². The third-order valence-corrected chi connectivity index (χ3v) is 8.69. The Morgan fingerprint density at radius 2 is 1.88 bits per heavy atom. The van der Waals surface area contributed by atoms with Crippen LogP contribution >= 0.6 is 11.3 Å². The molecule has 1 aliphatic rings. The van der Waals surface area contributed by atoms with E-state index in [9.17, 15) is 23.1 Å². The summed E-state index contributed by atoms with van der Waals surface area (Å²) in [7, 11) is 0. The number of halogens is 3. The molecular formula is C29H28F3N7O2S. The highest BCUT2D eigenvalue weighted by molar-refractivity contribution is 7.21. The first-order valence-electron chi connectivity index (χ1n) is 13.4. The van der Waals surface area contributed by atoms with Crippen LogP contribution in [0.4, 0.5) is 24.7 Å². The standard InChI is InChI=1S/C29H28F3N7O2S/c30-29(31,32)18-13-22(38-28-23(18)24(33)25(42-28)26(34)41)39-10-8-17(9-11-39)35-14-21(40)16-6-7-19-20(12-16)37-27(36-19)15-4-2-1-3-5-15/h1-7,12-13,17,21,35,40H,8-11,14,33H2,(H2,34,41)(H,36,37). The SMILES string of the molecule is NC(=O)c1sc2nc(N3CCC(NCC(O)c4ccc5[nH]c(-c6ccccc6)nc5c4)CC3)cc(C(F)(F)F)c2c1N. The van der Waals surface area contributed by atoms with Gasteiger partial charge in [0.25, 0.3) is 5.91 Å². The number of carbonyl (C=O) groups excluding carboxylic acids is 1. The molecule has 0 aliphatic carbocycles. The number of anilines is 2. The van der Waals surface area contributed by atoms with Crippen LogP contribution in [0.5, 0.6) is 0 Å². The summed E-state index contributed by atoms with van der Waals surface area (Å²) >= 11 is 0.767. The number of fused-ring (bicyclic) bond motifs is 2. The number of benzene rings is 2. The van der Waals surface area contributed by atoms with Crippen LogP contribution in [0.15, 0.2) is 54.6 Å². The van der Waals surface area contributed by atoms with Crippen molar-refractivity contribution in [2.45, 2.75) is 31.2 Å². The fourth-order valence-corrected chi connectivity index (χ4v) is 6.32. The number of carbonyl (C=O) groups is 1. The van der Waals surface area contributed by atoms with Gasteiger partial charge in [-0.1, -0.05) is 36.4 Å². The number of hydrogen-bond acceptors (Lipinski definition) is 8. The summed E-state index contributed by atoms with van der Waals surface area (Å²) in [6.07, 6.45) is -4.15. The number of imidazole rings is 1. The van der Waals surface area contributed by atoms with Crippen molar-refractivity contribution >= 4 is 50.0 Å². The van der Waals surface area contributed by atoms with Crippen LogP contribution in [0.3, 0.4) is 0 Å². The molecule has 0 spiro atoms. The molecular weight excluding hydrogens is 567 g/mol. The number of nitrogen functional groups attached to an aromatic ring is 1. The van der Waals surface area contributed by atoms with Crippen LogP contribution in [0, 0.1) is 0 Å². The highest BCUT2D eigenvalue weighted by Crippen LogP contribution is 2.43. The van der Waals surface area contributed by atoms with Gasteiger partial charge in [-0.3, -0.25) is 4.79 Å². The summed E-state index contributed by atoms with van der Waals surface area (Å²) in [6, 6.07) is 16.5. The molecule has 4 heterocycles. The second-order valence-electron chi connectivity index (χ2n) is 10.3. The number of aliphatic hydroxyl groups excluding tert-OH is 1. The number of primary amides is 1. The average Bonchev–Trinajstić information content (AvgIpc) is 3.56. The van der Waals surface area contributed by atoms with E-state index in [1.54, 1.807) is 4.90 Å². The molecule has 1 fully saturated rings. The van der Waals surface area contributed by atoms with Gasteiger partial charge in [-0.25, -0.2) is 9.97 Å². The highest BCUT2D eigenvalue weighted by Gasteiger charge is 2.37. The summed E-state index contributed by atoms with van der Waals surface area (Å²) < 4.78 is 41.8. The Labute approximate surface area is 242 Å². The number of alkyl halides is 3. The number of nitrogens with one attached hydrogen (secondary N) is 2. The Morgan fingerprint density at radius 1 is 1.14 bits per heavy atom. The summed E-state index contributed by atoms with van der Waals surface area (Å²) in [4.78, 5) is 25.8. The molecule has 7 N–H and O–H groups in total. The maximum atomic E-state index is 13.9. The average molecular weight is 596 g/mol. The lowest BCUT2D eigenvalue weighted by Gasteiger charge is -2.34. The largest absolute Gasteiger partial charge is 0.417 e. The molecule has 9 nitrogen and oxygen atoms in total. The number of nitrogens with zero attached hydrogens (tertiary/aromatic N) is 3. The number of aliphatic hydroxyl groups is 1. The number of hydrogen-bond donors (Lipinski definition) is 5. The van der Waals surface area contributed by atoms with Crippen LogP contribution in [-0.2, 0) is 6.18 Å². The first-order chi connectivity index (χ1) is 20.1. The van der Waals surface area contributed by atoms with Gasteiger partial charge >= 0.3 is 6.18 Å². The maximum Gasteiger partial charge on any atom is 0.417 e. The highest BCUT2D eigenvalue weighted by atomic mass is 32.1. The number of pyridine rings is 1. The molecule has 1 atom stereocenters. The third-order valence-electron chi connectivity index (χ3n) is 7.57. The van der Waals surface area contributed by atoms with Crippen LogP contribution in [-0.4, -0.2) is 51.6 Å². The van der Waals surface area contributed by atoms with Crippen molar-refractivity contribution in [3.63, 3.8) is 0 Å². The van der Waals surface area contributed by atoms with Crippen molar-refractivity contribution in [2.75, 3.05) is 30.3 Å². The van der Waals surface area contributed by atoms with E-state index >= 15 is 0 Å². The van der Waals surface area contributed by atoms with Gasteiger partial charge in [0.05, 0.1) is 28.4 Å². The van der Waals surface area contributed by atoms with E-state index < -0.39 is 23.8 Å². The number of rotatable bonds is 7. The van der Waals surface area contributed by atoms with Gasteiger partial charge in [0.2, 0.25) is 0 Å². The molecule has 2 aromatic carbocycles. The van der Waals surface area contributed by atoms with Crippen molar-refractivity contribution in [3.8, 4) is 11.4 Å². The Kier molecular flexibility index (Phi) is 7.25. The first-order valence-corrected chi connectivity index (χ1v) is 14.2. The molecule has 0 saturated carbocycles. The predicted molar refractivity (Wildman–Crippen MR) is 157 cm³/mol. The van der Waals surface area contributed by atoms with Crippen LogP contribution < -0.4 is 21.7 Å². The molecule has 5 aromatic rings. The minimum absolute atomic E-state index is 0.0271. The zero-order chi connectivity index (χ0) is 29.6. The molecule has 0 bridgehead atoms. The van der Waals surface area contributed by atoms with Gasteiger partial charge in [-0.15, -0.1) is 11.3 Å². The summed E-state index contributed by atoms with van der Waals surface area (Å²) in [5, 5.41) is 14.0. The summed E-state index contributed by atoms with van der Waals surface area (Å²) in [6.45, 7) is 1.25. The summed E-state index contributed by atoms with van der Waals surface area (Å²) in [5.41, 5.74) is 13.3. The van der Waals surface area contributed by atoms with Gasteiger partial charge in [0.1, 0.15) is 21.3 Å². The van der Waals surface area contributed by atoms with Gasteiger partial charge in [0.15, 0.2) is 0 Å². The van der Waals surface area contributed by atoms with E-state index in [1.165, 1.54) is 0 Å². The molecule has 1 amide bonds. The van der Waals surface area contributed by atoms with Crippen LogP contribution in [0.2, 0.25) is 0 Å². The Morgan fingerprint density at radius 3 is 2.57 bits per heavy atom. The topological polar surface area (TPSA) is 146 Å². The van der Waals surface area contributed by atoms with E-state index in [0.717, 1.165) is 45.4 Å². The van der Waals surface area contributed by atoms with Crippen molar-refractivity contribution in [3.05, 3.63) is 70.6 Å². The number of nitrogens with two attached hydrogens (primary N) is 2. The summed E-state index contributed by atoms with van der Waals surface area (Å²) in [5.74, 6) is 0.0437. The lowest BCUT2D eigenvalue weighted by atomic mass is 10.0. The minimum Gasteiger partial charge on any atom is -0.397 e. The minimum atomic E-state index is -4.68. The van der Waals surface area contributed by atoms with E-state index in [0.29, 0.717) is 32.5 Å². The molecule has 1 saturated heterocycles. The second-order valence-corrected chi connectivity index (χ2v) is 11.3. The number of aromatic nitrogens is 3. The number of piperidine rings is 1. The fraction of sp³-hybridized carbons (Fsp3) is 0.276. The molecule has 13 heteroatoms. The molecule has 42 heavy (non-hydrogen) atoms. The van der Waals surface area contributed by atoms with Crippen molar-refractivity contribution in [2.24, 2.45) is 5.73 Å². The van der Waals surface area contributed by atoms with Gasteiger partial charge in [0, 0.05) is 36.6 Å². The molecule has 218 valence electrons. The normalized spacial score (nSPS) is 15.5. The van der Waals surface area contributed by atoms with E-state index in [-0.39, 0.29) is 32.6 Å². The third kappa shape index (κ3) is 5.38. The lowest BCUT2D eigenvalue weighted by Crippen LogP contribution is -2.44. The number of H-pyrrole nitrogens is 1. The van der Waals surface area contributed by atoms with E-state index in [1.807, 2.05) is 48.5 Å². The molecule has 3 aromatic heterocycles. The Bertz CT molecular complexity index is 1760. The smallest absolute Gasteiger partial charge is 0.397 e. The first kappa shape index (κ1) is 27.9. The van der Waals surface area contributed by atoms with Crippen LogP contribution in [0.25, 0.3) is 32.6 Å². The van der Waals surface area contributed by atoms with Gasteiger partial charge in [-0.05, 0) is 36.6 Å². The Hall–Kier alpha value is -4.20. The predicted octanol–water partition coefficient (Wildman–Crippen LogP) is 4.83. The van der Waals surface area contributed by atoms with Crippen LogP contribution in [0.1, 0.15) is 39.7 Å². The Balaban J connectivity index is 1.11. The molecule has 0 radical (unpaired) electrons. The number of amides is 1. The van der Waals surface area contributed by atoms with E-state index in [4.69, 9.17) is 11.5 Å². The monoisotopic (exact) mass is 595 g/mol.